The molecule has 3 aromatic rings. The molecule has 0 spiro atoms. The van der Waals surface area contributed by atoms with Gasteiger partial charge in [0.05, 0.1) is 12.8 Å². The number of hydrogen-bond donors (Lipinski definition) is 3. The SMILES string of the molecule is CCn1c(CO)nn(-c2nc(OCC(F)(F)F)c(C(=O)Nc3c(OC)n[nH]c3C)cc2F)c1=O. The summed E-state index contributed by atoms with van der Waals surface area (Å²) in [5, 5.41) is 21.8. The van der Waals surface area contributed by atoms with Gasteiger partial charge in [0, 0.05) is 6.54 Å². The van der Waals surface area contributed by atoms with E-state index in [1.165, 1.54) is 14.0 Å². The van der Waals surface area contributed by atoms with Crippen LogP contribution in [0.4, 0.5) is 23.2 Å². The summed E-state index contributed by atoms with van der Waals surface area (Å²) >= 11 is 0. The van der Waals surface area contributed by atoms with E-state index in [0.29, 0.717) is 16.4 Å². The molecule has 0 radical (unpaired) electrons. The largest absolute Gasteiger partial charge is 0.478 e. The van der Waals surface area contributed by atoms with Crippen molar-refractivity contribution in [2.24, 2.45) is 0 Å². The smallest absolute Gasteiger partial charge is 0.422 e. The number of anilines is 1. The highest BCUT2D eigenvalue weighted by atomic mass is 19.4. The number of rotatable bonds is 8. The van der Waals surface area contributed by atoms with Crippen LogP contribution in [0.15, 0.2) is 10.9 Å². The first-order valence-electron chi connectivity index (χ1n) is 9.61. The second-order valence-corrected chi connectivity index (χ2v) is 6.75. The van der Waals surface area contributed by atoms with E-state index < -0.39 is 54.1 Å². The Kier molecular flexibility index (Phi) is 6.90. The van der Waals surface area contributed by atoms with E-state index in [-0.39, 0.29) is 23.9 Å². The molecular formula is C18H19F4N7O5. The minimum absolute atomic E-state index is 0.0261. The number of aromatic amines is 1. The van der Waals surface area contributed by atoms with Crippen LogP contribution in [0.5, 0.6) is 11.8 Å². The number of alkyl halides is 3. The number of nitrogens with zero attached hydrogens (tertiary/aromatic N) is 5. The van der Waals surface area contributed by atoms with Crippen molar-refractivity contribution in [2.75, 3.05) is 19.0 Å². The lowest BCUT2D eigenvalue weighted by atomic mass is 10.2. The number of aryl methyl sites for hydroxylation is 1. The number of aromatic nitrogens is 6. The van der Waals surface area contributed by atoms with E-state index in [1.54, 1.807) is 6.92 Å². The van der Waals surface area contributed by atoms with Crippen LogP contribution in [0.3, 0.4) is 0 Å². The number of halogens is 4. The second-order valence-electron chi connectivity index (χ2n) is 6.75. The van der Waals surface area contributed by atoms with Crippen LogP contribution in [-0.4, -0.2) is 60.4 Å². The quantitative estimate of drug-likeness (QED) is 0.401. The number of nitrogens with one attached hydrogen (secondary N) is 2. The molecule has 0 atom stereocenters. The van der Waals surface area contributed by atoms with Crippen LogP contribution in [-0.2, 0) is 13.2 Å². The number of ether oxygens (including phenoxy) is 2. The van der Waals surface area contributed by atoms with Crippen molar-refractivity contribution in [3.8, 4) is 17.6 Å². The Labute approximate surface area is 188 Å². The molecule has 0 fully saturated rings. The zero-order valence-corrected chi connectivity index (χ0v) is 18.0. The first-order chi connectivity index (χ1) is 16.0. The molecule has 0 saturated heterocycles. The van der Waals surface area contributed by atoms with Crippen LogP contribution in [0.1, 0.15) is 28.8 Å². The van der Waals surface area contributed by atoms with Crippen molar-refractivity contribution in [1.82, 2.24) is 29.5 Å². The molecule has 3 aromatic heterocycles. The van der Waals surface area contributed by atoms with Crippen LogP contribution in [0, 0.1) is 12.7 Å². The van der Waals surface area contributed by atoms with Crippen molar-refractivity contribution in [2.45, 2.75) is 33.2 Å². The normalized spacial score (nSPS) is 11.5. The summed E-state index contributed by atoms with van der Waals surface area (Å²) in [4.78, 5) is 29.0. The van der Waals surface area contributed by atoms with Gasteiger partial charge in [0.25, 0.3) is 11.8 Å². The molecule has 0 aliphatic carbocycles. The van der Waals surface area contributed by atoms with Crippen molar-refractivity contribution in [1.29, 1.82) is 0 Å². The Morgan fingerprint density at radius 1 is 1.32 bits per heavy atom. The minimum atomic E-state index is -4.81. The summed E-state index contributed by atoms with van der Waals surface area (Å²) in [6, 6.07) is 0.557. The van der Waals surface area contributed by atoms with Gasteiger partial charge in [-0.1, -0.05) is 0 Å². The fraction of sp³-hybridized carbons (Fsp3) is 0.389. The van der Waals surface area contributed by atoms with Gasteiger partial charge < -0.3 is 19.9 Å². The number of methoxy groups -OCH3 is 1. The lowest BCUT2D eigenvalue weighted by Crippen LogP contribution is -2.27. The number of aliphatic hydroxyl groups excluding tert-OH is 1. The van der Waals surface area contributed by atoms with Crippen LogP contribution in [0.25, 0.3) is 5.82 Å². The van der Waals surface area contributed by atoms with Crippen LogP contribution in [0.2, 0.25) is 0 Å². The number of pyridine rings is 1. The van der Waals surface area contributed by atoms with Gasteiger partial charge in [-0.25, -0.2) is 9.18 Å². The van der Waals surface area contributed by atoms with Gasteiger partial charge in [-0.05, 0) is 19.9 Å². The van der Waals surface area contributed by atoms with Crippen molar-refractivity contribution in [3.05, 3.63) is 39.4 Å². The molecule has 1 amide bonds. The molecule has 3 heterocycles. The number of amides is 1. The molecule has 0 aliphatic heterocycles. The maximum atomic E-state index is 14.9. The van der Waals surface area contributed by atoms with E-state index >= 15 is 0 Å². The fourth-order valence-corrected chi connectivity index (χ4v) is 2.93. The molecule has 0 aliphatic rings. The summed E-state index contributed by atoms with van der Waals surface area (Å²) in [6.07, 6.45) is -4.81. The van der Waals surface area contributed by atoms with E-state index in [9.17, 15) is 32.3 Å². The monoisotopic (exact) mass is 489 g/mol. The predicted molar refractivity (Wildman–Crippen MR) is 107 cm³/mol. The van der Waals surface area contributed by atoms with Gasteiger partial charge in [0.1, 0.15) is 17.9 Å². The van der Waals surface area contributed by atoms with E-state index in [0.717, 1.165) is 4.57 Å². The summed E-state index contributed by atoms with van der Waals surface area (Å²) in [5.41, 5.74) is -1.19. The average molecular weight is 489 g/mol. The zero-order valence-electron chi connectivity index (χ0n) is 18.0. The molecular weight excluding hydrogens is 470 g/mol. The highest BCUT2D eigenvalue weighted by Gasteiger charge is 2.31. The lowest BCUT2D eigenvalue weighted by molar-refractivity contribution is -0.154. The number of hydrogen-bond acceptors (Lipinski definition) is 8. The minimum Gasteiger partial charge on any atom is -0.478 e. The molecule has 0 unspecified atom stereocenters. The maximum Gasteiger partial charge on any atom is 0.422 e. The molecule has 0 bridgehead atoms. The molecule has 0 aromatic carbocycles. The van der Waals surface area contributed by atoms with Gasteiger partial charge in [0.2, 0.25) is 5.88 Å². The van der Waals surface area contributed by atoms with Crippen molar-refractivity contribution < 1.29 is 36.9 Å². The standard InChI is InChI=1S/C18H19F4N7O5/c1-4-28-11(6-30)27-29(17(28)32)13-10(19)5-9(15(24-13)34-7-18(20,21)22)14(31)23-12-8(2)25-26-16(12)33-3/h5,30H,4,6-7H2,1-3H3,(H,23,31)(H,25,26). The Morgan fingerprint density at radius 2 is 2.03 bits per heavy atom. The highest BCUT2D eigenvalue weighted by Crippen LogP contribution is 2.28. The summed E-state index contributed by atoms with van der Waals surface area (Å²) in [7, 11) is 1.27. The highest BCUT2D eigenvalue weighted by molar-refractivity contribution is 6.06. The summed E-state index contributed by atoms with van der Waals surface area (Å²) in [5.74, 6) is -4.22. The Bertz CT molecular complexity index is 1260. The number of carbonyl (C=O) groups is 1. The molecule has 3 N–H and O–H groups in total. The third-order valence-corrected chi connectivity index (χ3v) is 4.48. The van der Waals surface area contributed by atoms with E-state index in [1.807, 2.05) is 0 Å². The number of aliphatic hydroxyl groups is 1. The average Bonchev–Trinajstić information content (AvgIpc) is 3.30. The first kappa shape index (κ1) is 24.7. The Morgan fingerprint density at radius 3 is 2.59 bits per heavy atom. The third-order valence-electron chi connectivity index (χ3n) is 4.48. The van der Waals surface area contributed by atoms with Gasteiger partial charge in [0.15, 0.2) is 24.1 Å². The van der Waals surface area contributed by atoms with Crippen molar-refractivity contribution in [3.63, 3.8) is 0 Å². The van der Waals surface area contributed by atoms with Gasteiger partial charge in [-0.15, -0.1) is 10.2 Å². The van der Waals surface area contributed by atoms with Gasteiger partial charge in [-0.2, -0.15) is 22.8 Å². The topological polar surface area (TPSA) is 149 Å². The number of carbonyl (C=O) groups excluding carboxylic acids is 1. The maximum absolute atomic E-state index is 14.9. The molecule has 34 heavy (non-hydrogen) atoms. The third kappa shape index (κ3) is 4.85. The molecule has 12 nitrogen and oxygen atoms in total. The Balaban J connectivity index is 2.11. The van der Waals surface area contributed by atoms with Gasteiger partial charge >= 0.3 is 11.9 Å². The molecule has 3 rings (SSSR count). The van der Waals surface area contributed by atoms with Crippen LogP contribution >= 0.6 is 0 Å². The van der Waals surface area contributed by atoms with Crippen LogP contribution < -0.4 is 20.5 Å². The predicted octanol–water partition coefficient (Wildman–Crippen LogP) is 1.31. The van der Waals surface area contributed by atoms with E-state index in [4.69, 9.17) is 4.74 Å². The zero-order chi connectivity index (χ0) is 25.2. The Hall–Kier alpha value is -3.95. The first-order valence-corrected chi connectivity index (χ1v) is 9.61. The second kappa shape index (κ2) is 9.50. The summed E-state index contributed by atoms with van der Waals surface area (Å²) in [6.45, 7) is 0.651. The van der Waals surface area contributed by atoms with E-state index in [2.05, 4.69) is 30.3 Å². The molecule has 0 saturated carbocycles. The van der Waals surface area contributed by atoms with Crippen molar-refractivity contribution >= 4 is 11.6 Å². The molecule has 16 heteroatoms. The van der Waals surface area contributed by atoms with Gasteiger partial charge in [-0.3, -0.25) is 14.5 Å². The summed E-state index contributed by atoms with van der Waals surface area (Å²) < 4.78 is 64.4. The fourth-order valence-electron chi connectivity index (χ4n) is 2.93. The lowest BCUT2D eigenvalue weighted by Gasteiger charge is -2.14. The molecule has 184 valence electrons. The number of H-pyrrole nitrogens is 1.